The monoisotopic (exact) mass is 272 g/mol. The molecule has 20 heavy (non-hydrogen) atoms. The number of carboxylic acid groups (broad SMARTS) is 1. The SMILES string of the molecule is Cc1ccc2cc(CN[C@@H](C(=O)O)C(C)C)ccc2n1. The molecule has 4 heteroatoms. The van der Waals surface area contributed by atoms with Crippen LogP contribution in [0.4, 0.5) is 0 Å². The molecule has 0 amide bonds. The van der Waals surface area contributed by atoms with Crippen LogP contribution in [0, 0.1) is 12.8 Å². The summed E-state index contributed by atoms with van der Waals surface area (Å²) < 4.78 is 0. The fourth-order valence-electron chi connectivity index (χ4n) is 2.22. The number of aryl methyl sites for hydroxylation is 1. The Morgan fingerprint density at radius 2 is 2.05 bits per heavy atom. The van der Waals surface area contributed by atoms with Crippen LogP contribution in [-0.2, 0) is 11.3 Å². The van der Waals surface area contributed by atoms with Crippen molar-refractivity contribution in [3.05, 3.63) is 41.6 Å². The first-order valence-corrected chi connectivity index (χ1v) is 6.80. The summed E-state index contributed by atoms with van der Waals surface area (Å²) in [5.41, 5.74) is 3.02. The Morgan fingerprint density at radius 3 is 2.70 bits per heavy atom. The van der Waals surface area contributed by atoms with Gasteiger partial charge in [0.2, 0.25) is 0 Å². The number of aromatic nitrogens is 1. The minimum Gasteiger partial charge on any atom is -0.480 e. The third kappa shape index (κ3) is 3.33. The van der Waals surface area contributed by atoms with Crippen molar-refractivity contribution in [3.8, 4) is 0 Å². The third-order valence-corrected chi connectivity index (χ3v) is 3.35. The number of aliphatic carboxylic acids is 1. The van der Waals surface area contributed by atoms with Crippen LogP contribution in [0.1, 0.15) is 25.1 Å². The summed E-state index contributed by atoms with van der Waals surface area (Å²) in [4.78, 5) is 15.6. The number of carboxylic acids is 1. The van der Waals surface area contributed by atoms with Crippen LogP contribution < -0.4 is 5.32 Å². The van der Waals surface area contributed by atoms with Gasteiger partial charge in [-0.15, -0.1) is 0 Å². The van der Waals surface area contributed by atoms with Crippen molar-refractivity contribution in [2.45, 2.75) is 33.4 Å². The van der Waals surface area contributed by atoms with Crippen LogP contribution in [0.5, 0.6) is 0 Å². The summed E-state index contributed by atoms with van der Waals surface area (Å²) in [5, 5.41) is 13.3. The van der Waals surface area contributed by atoms with E-state index in [0.717, 1.165) is 22.2 Å². The van der Waals surface area contributed by atoms with Gasteiger partial charge < -0.3 is 10.4 Å². The fraction of sp³-hybridized carbons (Fsp3) is 0.375. The molecular weight excluding hydrogens is 252 g/mol. The minimum absolute atomic E-state index is 0.0530. The highest BCUT2D eigenvalue weighted by Gasteiger charge is 2.20. The van der Waals surface area contributed by atoms with E-state index < -0.39 is 12.0 Å². The van der Waals surface area contributed by atoms with E-state index in [0.29, 0.717) is 6.54 Å². The number of rotatable bonds is 5. The molecule has 0 fully saturated rings. The van der Waals surface area contributed by atoms with Gasteiger partial charge in [-0.05, 0) is 36.6 Å². The average molecular weight is 272 g/mol. The maximum atomic E-state index is 11.1. The molecule has 1 aromatic heterocycles. The van der Waals surface area contributed by atoms with Gasteiger partial charge in [0.1, 0.15) is 6.04 Å². The Morgan fingerprint density at radius 1 is 1.30 bits per heavy atom. The van der Waals surface area contributed by atoms with Crippen molar-refractivity contribution < 1.29 is 9.90 Å². The Hall–Kier alpha value is -1.94. The lowest BCUT2D eigenvalue weighted by atomic mass is 10.0. The number of carbonyl (C=O) groups is 1. The van der Waals surface area contributed by atoms with Crippen molar-refractivity contribution in [1.82, 2.24) is 10.3 Å². The Balaban J connectivity index is 2.14. The van der Waals surface area contributed by atoms with E-state index in [1.165, 1.54) is 0 Å². The number of hydrogen-bond donors (Lipinski definition) is 2. The number of pyridine rings is 1. The summed E-state index contributed by atoms with van der Waals surface area (Å²) in [6, 6.07) is 9.51. The number of benzene rings is 1. The highest BCUT2D eigenvalue weighted by Crippen LogP contribution is 2.15. The number of nitrogens with zero attached hydrogens (tertiary/aromatic N) is 1. The second kappa shape index (κ2) is 6.01. The zero-order valence-corrected chi connectivity index (χ0v) is 12.1. The normalized spacial score (nSPS) is 12.8. The van der Waals surface area contributed by atoms with Crippen LogP contribution in [0.2, 0.25) is 0 Å². The zero-order valence-electron chi connectivity index (χ0n) is 12.1. The molecule has 2 N–H and O–H groups in total. The van der Waals surface area contributed by atoms with E-state index in [-0.39, 0.29) is 5.92 Å². The second-order valence-corrected chi connectivity index (χ2v) is 5.42. The van der Waals surface area contributed by atoms with Crippen LogP contribution in [0.15, 0.2) is 30.3 Å². The van der Waals surface area contributed by atoms with Gasteiger partial charge in [0.25, 0.3) is 0 Å². The standard InChI is InChI=1S/C16H20N2O2/c1-10(2)15(16(19)20)17-9-12-5-7-14-13(8-12)6-4-11(3)18-14/h4-8,10,15,17H,9H2,1-3H3,(H,19,20)/t15-/m1/s1. The maximum absolute atomic E-state index is 11.1. The lowest BCUT2D eigenvalue weighted by Crippen LogP contribution is -2.40. The molecule has 0 bridgehead atoms. The smallest absolute Gasteiger partial charge is 0.320 e. The Labute approximate surface area is 118 Å². The zero-order chi connectivity index (χ0) is 14.7. The quantitative estimate of drug-likeness (QED) is 0.878. The van der Waals surface area contributed by atoms with Crippen LogP contribution in [0.25, 0.3) is 10.9 Å². The van der Waals surface area contributed by atoms with E-state index in [4.69, 9.17) is 5.11 Å². The van der Waals surface area contributed by atoms with Gasteiger partial charge in [-0.1, -0.05) is 26.0 Å². The molecule has 4 nitrogen and oxygen atoms in total. The molecule has 0 aliphatic rings. The van der Waals surface area contributed by atoms with Crippen LogP contribution in [-0.4, -0.2) is 22.1 Å². The van der Waals surface area contributed by atoms with Gasteiger partial charge in [-0.2, -0.15) is 0 Å². The predicted molar refractivity (Wildman–Crippen MR) is 79.6 cm³/mol. The molecule has 0 saturated carbocycles. The van der Waals surface area contributed by atoms with Gasteiger partial charge in [0.15, 0.2) is 0 Å². The molecule has 1 heterocycles. The lowest BCUT2D eigenvalue weighted by molar-refractivity contribution is -0.140. The van der Waals surface area contributed by atoms with Gasteiger partial charge in [-0.25, -0.2) is 0 Å². The van der Waals surface area contributed by atoms with Crippen LogP contribution >= 0.6 is 0 Å². The van der Waals surface area contributed by atoms with Crippen molar-refractivity contribution in [3.63, 3.8) is 0 Å². The molecule has 1 aromatic carbocycles. The maximum Gasteiger partial charge on any atom is 0.320 e. The first-order chi connectivity index (χ1) is 9.47. The Kier molecular flexibility index (Phi) is 4.35. The van der Waals surface area contributed by atoms with Gasteiger partial charge in [0.05, 0.1) is 5.52 Å². The van der Waals surface area contributed by atoms with Crippen molar-refractivity contribution in [2.75, 3.05) is 0 Å². The summed E-state index contributed by atoms with van der Waals surface area (Å²) in [7, 11) is 0. The molecule has 0 spiro atoms. The largest absolute Gasteiger partial charge is 0.480 e. The first-order valence-electron chi connectivity index (χ1n) is 6.80. The molecule has 106 valence electrons. The summed E-state index contributed by atoms with van der Waals surface area (Å²) in [6.45, 7) is 6.31. The van der Waals surface area contributed by atoms with E-state index in [2.05, 4.69) is 10.3 Å². The lowest BCUT2D eigenvalue weighted by Gasteiger charge is -2.18. The van der Waals surface area contributed by atoms with E-state index >= 15 is 0 Å². The van der Waals surface area contributed by atoms with Crippen molar-refractivity contribution in [2.24, 2.45) is 5.92 Å². The van der Waals surface area contributed by atoms with E-state index in [1.54, 1.807) is 0 Å². The van der Waals surface area contributed by atoms with Crippen molar-refractivity contribution in [1.29, 1.82) is 0 Å². The molecule has 0 aliphatic carbocycles. The van der Waals surface area contributed by atoms with Gasteiger partial charge >= 0.3 is 5.97 Å². The highest BCUT2D eigenvalue weighted by molar-refractivity contribution is 5.79. The Bertz CT molecular complexity index is 623. The predicted octanol–water partition coefficient (Wildman–Crippen LogP) is 2.74. The van der Waals surface area contributed by atoms with Gasteiger partial charge in [-0.3, -0.25) is 9.78 Å². The number of hydrogen-bond acceptors (Lipinski definition) is 3. The average Bonchev–Trinajstić information content (AvgIpc) is 2.38. The first kappa shape index (κ1) is 14.5. The van der Waals surface area contributed by atoms with E-state index in [9.17, 15) is 4.79 Å². The molecule has 0 aliphatic heterocycles. The molecule has 0 radical (unpaired) electrons. The molecule has 0 unspecified atom stereocenters. The molecular formula is C16H20N2O2. The summed E-state index contributed by atoms with van der Waals surface area (Å²) >= 11 is 0. The third-order valence-electron chi connectivity index (χ3n) is 3.35. The number of nitrogens with one attached hydrogen (secondary N) is 1. The van der Waals surface area contributed by atoms with Crippen molar-refractivity contribution >= 4 is 16.9 Å². The topological polar surface area (TPSA) is 62.2 Å². The van der Waals surface area contributed by atoms with Gasteiger partial charge in [0, 0.05) is 17.6 Å². The fourth-order valence-corrected chi connectivity index (χ4v) is 2.22. The second-order valence-electron chi connectivity index (χ2n) is 5.42. The molecule has 1 atom stereocenters. The molecule has 2 aromatic rings. The van der Waals surface area contributed by atoms with E-state index in [1.807, 2.05) is 51.1 Å². The summed E-state index contributed by atoms with van der Waals surface area (Å²) in [5.74, 6) is -0.754. The summed E-state index contributed by atoms with van der Waals surface area (Å²) in [6.07, 6.45) is 0. The van der Waals surface area contributed by atoms with Crippen LogP contribution in [0.3, 0.4) is 0 Å². The molecule has 0 saturated heterocycles. The number of fused-ring (bicyclic) bond motifs is 1. The minimum atomic E-state index is -0.807. The molecule has 2 rings (SSSR count). The highest BCUT2D eigenvalue weighted by atomic mass is 16.4.